The zero-order chi connectivity index (χ0) is 15.8. The van der Waals surface area contributed by atoms with E-state index in [1.165, 1.54) is 30.4 Å². The van der Waals surface area contributed by atoms with Crippen molar-refractivity contribution in [2.75, 3.05) is 0 Å². The molecule has 2 saturated carbocycles. The molecule has 0 aliphatic heterocycles. The van der Waals surface area contributed by atoms with Gasteiger partial charge in [-0.05, 0) is 62.5 Å². The molecule has 3 unspecified atom stereocenters. The fraction of sp³-hybridized carbons (Fsp3) is 0.650. The Bertz CT molecular complexity index is 587. The Hall–Kier alpha value is -1.06. The van der Waals surface area contributed by atoms with Crippen LogP contribution in [0.25, 0.3) is 0 Å². The zero-order valence-electron chi connectivity index (χ0n) is 14.3. The highest BCUT2D eigenvalue weighted by molar-refractivity contribution is 5.85. The predicted octanol–water partition coefficient (Wildman–Crippen LogP) is 3.99. The van der Waals surface area contributed by atoms with Crippen molar-refractivity contribution in [3.8, 4) is 0 Å². The van der Waals surface area contributed by atoms with E-state index >= 15 is 0 Å². The lowest BCUT2D eigenvalue weighted by atomic mass is 9.83. The van der Waals surface area contributed by atoms with Crippen LogP contribution in [0.15, 0.2) is 24.3 Å². The number of carbonyl (C=O) groups is 1. The molecular formula is C20H29ClN2O. The summed E-state index contributed by atoms with van der Waals surface area (Å²) in [4.78, 5) is 15.6. The van der Waals surface area contributed by atoms with Gasteiger partial charge in [0.05, 0.1) is 6.04 Å². The molecule has 0 spiro atoms. The van der Waals surface area contributed by atoms with Crippen LogP contribution in [-0.2, 0) is 11.2 Å². The lowest BCUT2D eigenvalue weighted by Crippen LogP contribution is -2.44. The zero-order valence-corrected chi connectivity index (χ0v) is 15.1. The molecule has 2 N–H and O–H groups in total. The van der Waals surface area contributed by atoms with Gasteiger partial charge in [0.25, 0.3) is 0 Å². The fourth-order valence-corrected chi connectivity index (χ4v) is 4.62. The van der Waals surface area contributed by atoms with Crippen molar-refractivity contribution in [3.63, 3.8) is 0 Å². The summed E-state index contributed by atoms with van der Waals surface area (Å²) in [5.74, 6) is 0.554. The standard InChI is InChI=1S/C20H28N2O.ClH/c21-16-8-3-7-15(13-16)20(23)22(17-11-12-17)19-10-4-6-14-5-1-2-9-18(14)19;/h1-2,5,9,15-17,19H,3-4,6-8,10-13,21H2;1H. The Balaban J connectivity index is 0.00000169. The third-order valence-electron chi connectivity index (χ3n) is 5.93. The van der Waals surface area contributed by atoms with E-state index in [9.17, 15) is 4.79 Å². The molecular weight excluding hydrogens is 320 g/mol. The van der Waals surface area contributed by atoms with Gasteiger partial charge >= 0.3 is 0 Å². The van der Waals surface area contributed by atoms with Crippen LogP contribution in [-0.4, -0.2) is 22.9 Å². The van der Waals surface area contributed by atoms with E-state index in [4.69, 9.17) is 5.73 Å². The number of benzene rings is 1. The predicted molar refractivity (Wildman–Crippen MR) is 99.2 cm³/mol. The van der Waals surface area contributed by atoms with Gasteiger partial charge in [-0.15, -0.1) is 12.4 Å². The quantitative estimate of drug-likeness (QED) is 0.897. The second-order valence-electron chi connectivity index (χ2n) is 7.71. The Morgan fingerprint density at radius 1 is 1.04 bits per heavy atom. The van der Waals surface area contributed by atoms with Crippen LogP contribution in [0.2, 0.25) is 0 Å². The number of nitrogens with two attached hydrogens (primary N) is 1. The SMILES string of the molecule is Cl.NC1CCCC(C(=O)N(C2CC2)C2CCCc3ccccc32)C1. The van der Waals surface area contributed by atoms with E-state index in [1.807, 2.05) is 0 Å². The van der Waals surface area contributed by atoms with Crippen molar-refractivity contribution < 1.29 is 4.79 Å². The van der Waals surface area contributed by atoms with Crippen LogP contribution < -0.4 is 5.73 Å². The summed E-state index contributed by atoms with van der Waals surface area (Å²) in [6, 6.07) is 9.75. The smallest absolute Gasteiger partial charge is 0.226 e. The number of carbonyl (C=O) groups excluding carboxylic acids is 1. The molecule has 3 atom stereocenters. The molecule has 0 saturated heterocycles. The van der Waals surface area contributed by atoms with E-state index in [1.54, 1.807) is 0 Å². The van der Waals surface area contributed by atoms with Crippen molar-refractivity contribution in [1.82, 2.24) is 4.90 Å². The average molecular weight is 349 g/mol. The lowest BCUT2D eigenvalue weighted by molar-refractivity contribution is -0.140. The number of hydrogen-bond donors (Lipinski definition) is 1. The summed E-state index contributed by atoms with van der Waals surface area (Å²) in [5.41, 5.74) is 8.99. The molecule has 0 bridgehead atoms. The van der Waals surface area contributed by atoms with Gasteiger partial charge in [-0.1, -0.05) is 30.7 Å². The Morgan fingerprint density at radius 2 is 1.83 bits per heavy atom. The first-order valence-corrected chi connectivity index (χ1v) is 9.39. The van der Waals surface area contributed by atoms with E-state index in [2.05, 4.69) is 29.2 Å². The molecule has 132 valence electrons. The van der Waals surface area contributed by atoms with E-state index in [0.29, 0.717) is 18.0 Å². The van der Waals surface area contributed by atoms with Gasteiger partial charge in [0, 0.05) is 18.0 Å². The van der Waals surface area contributed by atoms with E-state index in [0.717, 1.165) is 38.5 Å². The van der Waals surface area contributed by atoms with Gasteiger partial charge in [0.1, 0.15) is 0 Å². The Morgan fingerprint density at radius 3 is 2.58 bits per heavy atom. The maximum atomic E-state index is 13.3. The maximum absolute atomic E-state index is 13.3. The number of hydrogen-bond acceptors (Lipinski definition) is 2. The highest BCUT2D eigenvalue weighted by atomic mass is 35.5. The molecule has 0 aromatic heterocycles. The number of amides is 1. The molecule has 3 aliphatic carbocycles. The van der Waals surface area contributed by atoms with Crippen molar-refractivity contribution in [3.05, 3.63) is 35.4 Å². The minimum Gasteiger partial charge on any atom is -0.332 e. The second kappa shape index (κ2) is 7.45. The number of fused-ring (bicyclic) bond motifs is 1. The van der Waals surface area contributed by atoms with Crippen molar-refractivity contribution in [1.29, 1.82) is 0 Å². The van der Waals surface area contributed by atoms with Crippen LogP contribution in [0.1, 0.15) is 68.5 Å². The minimum atomic E-state index is 0. The van der Waals surface area contributed by atoms with Gasteiger partial charge in [0.2, 0.25) is 5.91 Å². The first-order chi connectivity index (χ1) is 11.2. The number of rotatable bonds is 3. The van der Waals surface area contributed by atoms with Crippen LogP contribution in [0, 0.1) is 5.92 Å². The summed E-state index contributed by atoms with van der Waals surface area (Å²) in [7, 11) is 0. The number of aryl methyl sites for hydroxylation is 1. The highest BCUT2D eigenvalue weighted by Gasteiger charge is 2.42. The molecule has 1 amide bonds. The third-order valence-corrected chi connectivity index (χ3v) is 5.93. The summed E-state index contributed by atoms with van der Waals surface area (Å²) >= 11 is 0. The Labute approximate surface area is 151 Å². The molecule has 2 fully saturated rings. The number of halogens is 1. The molecule has 4 heteroatoms. The summed E-state index contributed by atoms with van der Waals surface area (Å²) < 4.78 is 0. The van der Waals surface area contributed by atoms with E-state index in [-0.39, 0.29) is 24.4 Å². The topological polar surface area (TPSA) is 46.3 Å². The highest BCUT2D eigenvalue weighted by Crippen LogP contribution is 2.42. The summed E-state index contributed by atoms with van der Waals surface area (Å²) in [6.07, 6.45) is 9.96. The fourth-order valence-electron chi connectivity index (χ4n) is 4.62. The molecule has 4 rings (SSSR count). The summed E-state index contributed by atoms with van der Waals surface area (Å²) in [6.45, 7) is 0. The first-order valence-electron chi connectivity index (χ1n) is 9.39. The average Bonchev–Trinajstić information content (AvgIpc) is 3.40. The monoisotopic (exact) mass is 348 g/mol. The van der Waals surface area contributed by atoms with Crippen LogP contribution in [0.4, 0.5) is 0 Å². The van der Waals surface area contributed by atoms with Crippen molar-refractivity contribution >= 4 is 18.3 Å². The van der Waals surface area contributed by atoms with Crippen LogP contribution in [0.3, 0.4) is 0 Å². The summed E-state index contributed by atoms with van der Waals surface area (Å²) in [5, 5.41) is 0. The third kappa shape index (κ3) is 3.48. The van der Waals surface area contributed by atoms with Gasteiger partial charge in [-0.2, -0.15) is 0 Å². The van der Waals surface area contributed by atoms with Gasteiger partial charge in [0.15, 0.2) is 0 Å². The van der Waals surface area contributed by atoms with Gasteiger partial charge in [-0.25, -0.2) is 0 Å². The van der Waals surface area contributed by atoms with Crippen LogP contribution in [0.5, 0.6) is 0 Å². The number of nitrogens with zero attached hydrogens (tertiary/aromatic N) is 1. The second-order valence-corrected chi connectivity index (χ2v) is 7.71. The van der Waals surface area contributed by atoms with Crippen LogP contribution >= 0.6 is 12.4 Å². The van der Waals surface area contributed by atoms with E-state index < -0.39 is 0 Å². The molecule has 1 aromatic carbocycles. The largest absolute Gasteiger partial charge is 0.332 e. The van der Waals surface area contributed by atoms with Gasteiger partial charge in [-0.3, -0.25) is 4.79 Å². The van der Waals surface area contributed by atoms with Gasteiger partial charge < -0.3 is 10.6 Å². The molecule has 3 nitrogen and oxygen atoms in total. The Kier molecular flexibility index (Phi) is 5.51. The lowest BCUT2D eigenvalue weighted by Gasteiger charge is -2.39. The molecule has 1 aromatic rings. The minimum absolute atomic E-state index is 0. The van der Waals surface area contributed by atoms with Crippen molar-refractivity contribution in [2.45, 2.75) is 75.9 Å². The molecule has 0 radical (unpaired) electrons. The molecule has 24 heavy (non-hydrogen) atoms. The first kappa shape index (κ1) is 17.8. The molecule has 0 heterocycles. The van der Waals surface area contributed by atoms with Crippen molar-refractivity contribution in [2.24, 2.45) is 11.7 Å². The maximum Gasteiger partial charge on any atom is 0.226 e. The normalized spacial score (nSPS) is 29.3. The molecule has 3 aliphatic rings.